The van der Waals surface area contributed by atoms with Gasteiger partial charge in [0.05, 0.1) is 14.2 Å². The van der Waals surface area contributed by atoms with E-state index >= 15 is 0 Å². The molecule has 0 atom stereocenters. The number of likely N-dealkylation sites (N-methyl/N-ethyl adjacent to an activating group) is 1. The second-order valence-electron chi connectivity index (χ2n) is 5.47. The van der Waals surface area contributed by atoms with Crippen molar-refractivity contribution in [2.24, 2.45) is 0 Å². The number of benzene rings is 1. The Kier molecular flexibility index (Phi) is 7.23. The van der Waals surface area contributed by atoms with Gasteiger partial charge in [-0.1, -0.05) is 0 Å². The number of thiophene rings is 1. The second kappa shape index (κ2) is 9.62. The number of nitrogens with zero attached hydrogens (tertiary/aromatic N) is 1. The van der Waals surface area contributed by atoms with E-state index in [1.54, 1.807) is 56.9 Å². The van der Waals surface area contributed by atoms with Crippen molar-refractivity contribution >= 4 is 29.3 Å². The molecule has 138 valence electrons. The van der Waals surface area contributed by atoms with Gasteiger partial charge in [0.1, 0.15) is 11.5 Å². The minimum absolute atomic E-state index is 0.263. The van der Waals surface area contributed by atoms with E-state index in [0.717, 1.165) is 11.1 Å². The first-order valence-electron chi connectivity index (χ1n) is 7.84. The Hall–Kier alpha value is -2.80. The van der Waals surface area contributed by atoms with Crippen LogP contribution < -0.4 is 9.47 Å². The highest BCUT2D eigenvalue weighted by atomic mass is 32.1. The van der Waals surface area contributed by atoms with Crippen LogP contribution in [0.5, 0.6) is 11.5 Å². The fourth-order valence-electron chi connectivity index (χ4n) is 2.13. The van der Waals surface area contributed by atoms with Crippen molar-refractivity contribution in [1.29, 1.82) is 0 Å². The zero-order chi connectivity index (χ0) is 18.9. The normalized spacial score (nSPS) is 10.6. The average Bonchev–Trinajstić information content (AvgIpc) is 3.16. The third kappa shape index (κ3) is 5.93. The minimum atomic E-state index is -0.593. The number of hydrogen-bond donors (Lipinski definition) is 0. The number of hydrogen-bond acceptors (Lipinski definition) is 6. The Labute approximate surface area is 156 Å². The molecule has 7 heteroatoms. The van der Waals surface area contributed by atoms with Gasteiger partial charge in [0, 0.05) is 25.7 Å². The van der Waals surface area contributed by atoms with Crippen molar-refractivity contribution < 1.29 is 23.8 Å². The molecule has 1 aromatic carbocycles. The Morgan fingerprint density at radius 1 is 1.15 bits per heavy atom. The number of carbonyl (C=O) groups is 2. The van der Waals surface area contributed by atoms with Crippen molar-refractivity contribution in [3.05, 3.63) is 52.2 Å². The Morgan fingerprint density at radius 3 is 2.42 bits per heavy atom. The van der Waals surface area contributed by atoms with E-state index in [0.29, 0.717) is 18.0 Å². The molecule has 0 aliphatic rings. The van der Waals surface area contributed by atoms with E-state index < -0.39 is 5.97 Å². The Bertz CT molecular complexity index is 748. The summed E-state index contributed by atoms with van der Waals surface area (Å²) in [6.45, 7) is 0.185. The molecule has 1 heterocycles. The molecule has 0 bridgehead atoms. The van der Waals surface area contributed by atoms with Gasteiger partial charge in [-0.25, -0.2) is 4.79 Å². The van der Waals surface area contributed by atoms with Gasteiger partial charge in [0.2, 0.25) is 0 Å². The highest BCUT2D eigenvalue weighted by Gasteiger charge is 2.11. The molecule has 0 radical (unpaired) electrons. The van der Waals surface area contributed by atoms with E-state index in [9.17, 15) is 9.59 Å². The van der Waals surface area contributed by atoms with Crippen LogP contribution in [0.15, 0.2) is 41.1 Å². The summed E-state index contributed by atoms with van der Waals surface area (Å²) in [4.78, 5) is 25.4. The molecule has 2 rings (SSSR count). The molecular formula is C19H21NO5S. The lowest BCUT2D eigenvalue weighted by atomic mass is 10.2. The minimum Gasteiger partial charge on any atom is -0.497 e. The van der Waals surface area contributed by atoms with Crippen LogP contribution in [0.1, 0.15) is 11.1 Å². The SMILES string of the molecule is COc1cc(/C=C/C(=O)OCC(=O)N(C)Cc2ccsc2)cc(OC)c1. The van der Waals surface area contributed by atoms with Crippen LogP contribution in [0.3, 0.4) is 0 Å². The summed E-state index contributed by atoms with van der Waals surface area (Å²) in [5.41, 5.74) is 1.77. The van der Waals surface area contributed by atoms with Crippen molar-refractivity contribution in [3.63, 3.8) is 0 Å². The van der Waals surface area contributed by atoms with Crippen LogP contribution in [0.2, 0.25) is 0 Å². The predicted octanol–water partition coefficient (Wildman–Crippen LogP) is 2.98. The molecule has 6 nitrogen and oxygen atoms in total. The molecule has 26 heavy (non-hydrogen) atoms. The fourth-order valence-corrected chi connectivity index (χ4v) is 2.79. The van der Waals surface area contributed by atoms with E-state index in [-0.39, 0.29) is 12.5 Å². The maximum absolute atomic E-state index is 12.0. The molecule has 0 spiro atoms. The molecule has 2 aromatic rings. The lowest BCUT2D eigenvalue weighted by Gasteiger charge is -2.15. The topological polar surface area (TPSA) is 65.1 Å². The molecule has 0 fully saturated rings. The molecular weight excluding hydrogens is 354 g/mol. The standard InChI is InChI=1S/C19H21NO5S/c1-20(11-15-6-7-26-13-15)18(21)12-25-19(22)5-4-14-8-16(23-2)10-17(9-14)24-3/h4-10,13H,11-12H2,1-3H3/b5-4+. The van der Waals surface area contributed by atoms with Gasteiger partial charge in [-0.3, -0.25) is 4.79 Å². The van der Waals surface area contributed by atoms with Crippen molar-refractivity contribution in [2.45, 2.75) is 6.54 Å². The highest BCUT2D eigenvalue weighted by molar-refractivity contribution is 7.07. The maximum Gasteiger partial charge on any atom is 0.331 e. The number of methoxy groups -OCH3 is 2. The van der Waals surface area contributed by atoms with Gasteiger partial charge in [0.15, 0.2) is 6.61 Å². The lowest BCUT2D eigenvalue weighted by Crippen LogP contribution is -2.30. The molecule has 0 aliphatic carbocycles. The third-order valence-corrected chi connectivity index (χ3v) is 4.28. The second-order valence-corrected chi connectivity index (χ2v) is 6.25. The summed E-state index contributed by atoms with van der Waals surface area (Å²) in [6.07, 6.45) is 2.84. The van der Waals surface area contributed by atoms with Crippen molar-refractivity contribution in [2.75, 3.05) is 27.9 Å². The highest BCUT2D eigenvalue weighted by Crippen LogP contribution is 2.23. The average molecular weight is 375 g/mol. The van der Waals surface area contributed by atoms with Gasteiger partial charge >= 0.3 is 5.97 Å². The molecule has 1 aromatic heterocycles. The van der Waals surface area contributed by atoms with Crippen LogP contribution in [0.25, 0.3) is 6.08 Å². The monoisotopic (exact) mass is 375 g/mol. The summed E-state index contributed by atoms with van der Waals surface area (Å²) in [5, 5.41) is 3.92. The van der Waals surface area contributed by atoms with Crippen LogP contribution >= 0.6 is 11.3 Å². The Balaban J connectivity index is 1.86. The first kappa shape index (κ1) is 19.5. The van der Waals surface area contributed by atoms with Crippen molar-refractivity contribution in [1.82, 2.24) is 4.90 Å². The van der Waals surface area contributed by atoms with Crippen LogP contribution in [0, 0.1) is 0 Å². The van der Waals surface area contributed by atoms with Gasteiger partial charge in [-0.05, 0) is 46.2 Å². The third-order valence-electron chi connectivity index (χ3n) is 3.55. The molecule has 0 N–H and O–H groups in total. The number of rotatable bonds is 8. The van der Waals surface area contributed by atoms with E-state index in [1.165, 1.54) is 11.0 Å². The molecule has 0 saturated carbocycles. The summed E-state index contributed by atoms with van der Waals surface area (Å²) < 4.78 is 15.3. The van der Waals surface area contributed by atoms with E-state index in [4.69, 9.17) is 14.2 Å². The Morgan fingerprint density at radius 2 is 1.85 bits per heavy atom. The zero-order valence-corrected chi connectivity index (χ0v) is 15.7. The van der Waals surface area contributed by atoms with E-state index in [1.807, 2.05) is 16.8 Å². The summed E-state index contributed by atoms with van der Waals surface area (Å²) in [7, 11) is 4.77. The van der Waals surface area contributed by atoms with E-state index in [2.05, 4.69) is 0 Å². The molecule has 0 unspecified atom stereocenters. The largest absolute Gasteiger partial charge is 0.497 e. The molecule has 0 saturated heterocycles. The van der Waals surface area contributed by atoms with Gasteiger partial charge in [-0.15, -0.1) is 0 Å². The van der Waals surface area contributed by atoms with Crippen molar-refractivity contribution in [3.8, 4) is 11.5 Å². The summed E-state index contributed by atoms with van der Waals surface area (Å²) >= 11 is 1.57. The fraction of sp³-hybridized carbons (Fsp3) is 0.263. The first-order valence-corrected chi connectivity index (χ1v) is 8.79. The van der Waals surface area contributed by atoms with Gasteiger partial charge < -0.3 is 19.1 Å². The zero-order valence-electron chi connectivity index (χ0n) is 14.9. The predicted molar refractivity (Wildman–Crippen MR) is 100 cm³/mol. The first-order chi connectivity index (χ1) is 12.5. The summed E-state index contributed by atoms with van der Waals surface area (Å²) in [5.74, 6) is 0.371. The quantitative estimate of drug-likeness (QED) is 0.524. The molecule has 1 amide bonds. The summed E-state index contributed by atoms with van der Waals surface area (Å²) in [6, 6.07) is 7.20. The van der Waals surface area contributed by atoms with Gasteiger partial charge in [-0.2, -0.15) is 11.3 Å². The smallest absolute Gasteiger partial charge is 0.331 e. The van der Waals surface area contributed by atoms with Crippen LogP contribution in [0.4, 0.5) is 0 Å². The number of ether oxygens (including phenoxy) is 3. The van der Waals surface area contributed by atoms with Crippen LogP contribution in [-0.4, -0.2) is 44.7 Å². The maximum atomic E-state index is 12.0. The molecule has 0 aliphatic heterocycles. The lowest BCUT2D eigenvalue weighted by molar-refractivity contribution is -0.147. The number of esters is 1. The van der Waals surface area contributed by atoms with Gasteiger partial charge in [0.25, 0.3) is 5.91 Å². The number of amides is 1. The van der Waals surface area contributed by atoms with Crippen LogP contribution in [-0.2, 0) is 20.9 Å². The number of carbonyl (C=O) groups excluding carboxylic acids is 2.